The third-order valence-electron chi connectivity index (χ3n) is 2.02. The molecule has 0 atom stereocenters. The molecule has 11 heavy (non-hydrogen) atoms. The van der Waals surface area contributed by atoms with Crippen molar-refractivity contribution in [1.82, 2.24) is 4.98 Å². The molecule has 1 aromatic rings. The van der Waals surface area contributed by atoms with E-state index < -0.39 is 0 Å². The zero-order valence-corrected chi connectivity index (χ0v) is 7.65. The normalized spacial score (nSPS) is 10.5. The third-order valence-corrected chi connectivity index (χ3v) is 2.02. The van der Waals surface area contributed by atoms with Crippen LogP contribution in [-0.2, 0) is 13.5 Å². The molecule has 1 rings (SSSR count). The number of aromatic amines is 1. The lowest BCUT2D eigenvalue weighted by Gasteiger charge is -1.87. The first kappa shape index (κ1) is 8.31. The SMILES string of the molecule is CCCCc1c[n+](C)c(C)[nH]1. The van der Waals surface area contributed by atoms with Crippen molar-refractivity contribution in [3.8, 4) is 0 Å². The van der Waals surface area contributed by atoms with Crippen LogP contribution in [0.3, 0.4) is 0 Å². The van der Waals surface area contributed by atoms with Gasteiger partial charge in [-0.2, -0.15) is 0 Å². The van der Waals surface area contributed by atoms with E-state index in [-0.39, 0.29) is 0 Å². The van der Waals surface area contributed by atoms with Crippen molar-refractivity contribution < 1.29 is 4.57 Å². The second-order valence-corrected chi connectivity index (χ2v) is 3.08. The molecule has 0 aromatic carbocycles. The predicted octanol–water partition coefficient (Wildman–Crippen LogP) is 1.49. The third kappa shape index (κ3) is 2.07. The summed E-state index contributed by atoms with van der Waals surface area (Å²) in [6.45, 7) is 4.31. The van der Waals surface area contributed by atoms with Crippen molar-refractivity contribution in [3.63, 3.8) is 0 Å². The number of aromatic nitrogens is 2. The summed E-state index contributed by atoms with van der Waals surface area (Å²) in [5.41, 5.74) is 1.35. The first-order chi connectivity index (χ1) is 5.24. The van der Waals surface area contributed by atoms with Crippen molar-refractivity contribution in [1.29, 1.82) is 0 Å². The Morgan fingerprint density at radius 2 is 2.27 bits per heavy atom. The summed E-state index contributed by atoms with van der Waals surface area (Å²) in [6, 6.07) is 0. The number of aryl methyl sites for hydroxylation is 3. The molecular formula is C9H17N2+. The Balaban J connectivity index is 2.58. The van der Waals surface area contributed by atoms with Crippen LogP contribution in [0.2, 0.25) is 0 Å². The number of nitrogens with one attached hydrogen (secondary N) is 1. The van der Waals surface area contributed by atoms with Crippen LogP contribution in [0.5, 0.6) is 0 Å². The maximum absolute atomic E-state index is 3.34. The monoisotopic (exact) mass is 153 g/mol. The molecule has 0 fully saturated rings. The molecule has 0 aliphatic heterocycles. The minimum absolute atomic E-state index is 1.18. The number of rotatable bonds is 3. The molecule has 1 aromatic heterocycles. The van der Waals surface area contributed by atoms with E-state index in [4.69, 9.17) is 0 Å². The lowest BCUT2D eigenvalue weighted by atomic mass is 10.2. The number of hydrogen-bond donors (Lipinski definition) is 1. The van der Waals surface area contributed by atoms with Gasteiger partial charge >= 0.3 is 0 Å². The predicted molar refractivity (Wildman–Crippen MR) is 45.3 cm³/mol. The molecule has 0 aliphatic carbocycles. The molecule has 62 valence electrons. The average Bonchev–Trinajstić information content (AvgIpc) is 2.28. The number of unbranched alkanes of at least 4 members (excludes halogenated alkanes) is 1. The highest BCUT2D eigenvalue weighted by Crippen LogP contribution is 1.99. The van der Waals surface area contributed by atoms with E-state index >= 15 is 0 Å². The van der Waals surface area contributed by atoms with E-state index in [2.05, 4.69) is 36.6 Å². The highest BCUT2D eigenvalue weighted by atomic mass is 15.0. The zero-order chi connectivity index (χ0) is 8.27. The molecule has 0 unspecified atom stereocenters. The van der Waals surface area contributed by atoms with Crippen molar-refractivity contribution in [2.75, 3.05) is 0 Å². The molecular weight excluding hydrogens is 136 g/mol. The van der Waals surface area contributed by atoms with Crippen LogP contribution in [0.1, 0.15) is 31.3 Å². The molecule has 0 bridgehead atoms. The molecule has 0 radical (unpaired) electrons. The highest BCUT2D eigenvalue weighted by Gasteiger charge is 2.05. The fraction of sp³-hybridized carbons (Fsp3) is 0.667. The Kier molecular flexibility index (Phi) is 2.69. The fourth-order valence-electron chi connectivity index (χ4n) is 1.18. The van der Waals surface area contributed by atoms with E-state index in [1.54, 1.807) is 0 Å². The Bertz CT molecular complexity index is 206. The molecule has 1 heterocycles. The molecule has 1 N–H and O–H groups in total. The molecule has 0 aliphatic rings. The van der Waals surface area contributed by atoms with E-state index in [0.717, 1.165) is 0 Å². The first-order valence-corrected chi connectivity index (χ1v) is 4.28. The summed E-state index contributed by atoms with van der Waals surface area (Å²) < 4.78 is 2.13. The Hall–Kier alpha value is -0.790. The van der Waals surface area contributed by atoms with Gasteiger partial charge in [0.25, 0.3) is 5.82 Å². The Morgan fingerprint density at radius 1 is 1.55 bits per heavy atom. The quantitative estimate of drug-likeness (QED) is 0.635. The van der Waals surface area contributed by atoms with E-state index in [1.165, 1.54) is 30.8 Å². The maximum Gasteiger partial charge on any atom is 0.251 e. The van der Waals surface area contributed by atoms with Crippen LogP contribution < -0.4 is 4.57 Å². The topological polar surface area (TPSA) is 19.7 Å². The van der Waals surface area contributed by atoms with Crippen LogP contribution in [0.25, 0.3) is 0 Å². The second-order valence-electron chi connectivity index (χ2n) is 3.08. The van der Waals surface area contributed by atoms with Gasteiger partial charge in [-0.05, 0) is 6.42 Å². The maximum atomic E-state index is 3.34. The van der Waals surface area contributed by atoms with Gasteiger partial charge in [0.05, 0.1) is 7.05 Å². The number of imidazole rings is 1. The average molecular weight is 153 g/mol. The van der Waals surface area contributed by atoms with E-state index in [1.807, 2.05) is 0 Å². The van der Waals surface area contributed by atoms with Gasteiger partial charge in [0, 0.05) is 13.3 Å². The summed E-state index contributed by atoms with van der Waals surface area (Å²) in [5.74, 6) is 1.23. The molecule has 0 spiro atoms. The lowest BCUT2D eigenvalue weighted by molar-refractivity contribution is -0.676. The van der Waals surface area contributed by atoms with Crippen LogP contribution in [0, 0.1) is 6.92 Å². The van der Waals surface area contributed by atoms with E-state index in [9.17, 15) is 0 Å². The van der Waals surface area contributed by atoms with Gasteiger partial charge in [-0.25, -0.2) is 9.55 Å². The van der Waals surface area contributed by atoms with Crippen molar-refractivity contribution in [2.45, 2.75) is 33.1 Å². The molecule has 0 amide bonds. The van der Waals surface area contributed by atoms with Crippen molar-refractivity contribution >= 4 is 0 Å². The van der Waals surface area contributed by atoms with Crippen LogP contribution >= 0.6 is 0 Å². The molecule has 2 nitrogen and oxygen atoms in total. The Morgan fingerprint density at radius 3 is 2.73 bits per heavy atom. The van der Waals surface area contributed by atoms with Gasteiger partial charge < -0.3 is 0 Å². The zero-order valence-electron chi connectivity index (χ0n) is 7.65. The van der Waals surface area contributed by atoms with E-state index in [0.29, 0.717) is 0 Å². The minimum atomic E-state index is 1.18. The second kappa shape index (κ2) is 3.56. The minimum Gasteiger partial charge on any atom is -0.245 e. The van der Waals surface area contributed by atoms with Crippen molar-refractivity contribution in [3.05, 3.63) is 17.7 Å². The number of H-pyrrole nitrogens is 1. The van der Waals surface area contributed by atoms with Crippen LogP contribution in [0.15, 0.2) is 6.20 Å². The summed E-state index contributed by atoms with van der Waals surface area (Å²) >= 11 is 0. The van der Waals surface area contributed by atoms with Crippen LogP contribution in [-0.4, -0.2) is 4.98 Å². The lowest BCUT2D eigenvalue weighted by Crippen LogP contribution is -2.28. The molecule has 0 saturated heterocycles. The Labute approximate surface area is 68.3 Å². The fourth-order valence-corrected chi connectivity index (χ4v) is 1.18. The van der Waals surface area contributed by atoms with Gasteiger partial charge in [0.15, 0.2) is 0 Å². The van der Waals surface area contributed by atoms with Gasteiger partial charge in [-0.1, -0.05) is 13.3 Å². The van der Waals surface area contributed by atoms with Crippen LogP contribution in [0.4, 0.5) is 0 Å². The summed E-state index contributed by atoms with van der Waals surface area (Å²) in [7, 11) is 2.07. The number of nitrogens with zero attached hydrogens (tertiary/aromatic N) is 1. The standard InChI is InChI=1S/C9H16N2/c1-4-5-6-9-7-11(3)8(2)10-9/h7H,4-6H2,1-3H3/p+1. The van der Waals surface area contributed by atoms with Crippen molar-refractivity contribution in [2.24, 2.45) is 7.05 Å². The first-order valence-electron chi connectivity index (χ1n) is 4.28. The van der Waals surface area contributed by atoms with Gasteiger partial charge in [-0.3, -0.25) is 0 Å². The smallest absolute Gasteiger partial charge is 0.245 e. The highest BCUT2D eigenvalue weighted by molar-refractivity contribution is 4.93. The largest absolute Gasteiger partial charge is 0.251 e. The summed E-state index contributed by atoms with van der Waals surface area (Å²) in [4.78, 5) is 3.34. The van der Waals surface area contributed by atoms with Gasteiger partial charge in [-0.15, -0.1) is 0 Å². The summed E-state index contributed by atoms with van der Waals surface area (Å²) in [5, 5.41) is 0. The summed E-state index contributed by atoms with van der Waals surface area (Å²) in [6.07, 6.45) is 5.89. The van der Waals surface area contributed by atoms with Gasteiger partial charge in [0.1, 0.15) is 11.9 Å². The van der Waals surface area contributed by atoms with Gasteiger partial charge in [0.2, 0.25) is 0 Å². The number of hydrogen-bond acceptors (Lipinski definition) is 0. The molecule has 2 heteroatoms. The molecule has 0 saturated carbocycles.